The third-order valence-corrected chi connectivity index (χ3v) is 3.56. The Morgan fingerprint density at radius 3 is 2.68 bits per heavy atom. The van der Waals surface area contributed by atoms with Gasteiger partial charge in [-0.25, -0.2) is 4.39 Å². The molecule has 1 unspecified atom stereocenters. The number of nitrogens with one attached hydrogen (secondary N) is 1. The van der Waals surface area contributed by atoms with Gasteiger partial charge in [0.25, 0.3) is 0 Å². The molecule has 1 N–H and O–H groups in total. The lowest BCUT2D eigenvalue weighted by Gasteiger charge is -2.22. The highest BCUT2D eigenvalue weighted by Crippen LogP contribution is 2.21. The zero-order valence-corrected chi connectivity index (χ0v) is 12.6. The molecule has 1 rings (SSSR count). The lowest BCUT2D eigenvalue weighted by Crippen LogP contribution is -2.30. The normalized spacial score (nSPS) is 12.9. The number of methoxy groups -OCH3 is 1. The van der Waals surface area contributed by atoms with Crippen LogP contribution in [0.4, 0.5) is 4.39 Å². The summed E-state index contributed by atoms with van der Waals surface area (Å²) in [5.74, 6) is 0.674. The van der Waals surface area contributed by atoms with Crippen molar-refractivity contribution >= 4 is 11.6 Å². The van der Waals surface area contributed by atoms with Crippen LogP contribution < -0.4 is 5.32 Å². The van der Waals surface area contributed by atoms with Crippen molar-refractivity contribution in [3.63, 3.8) is 0 Å². The molecule has 0 radical (unpaired) electrons. The number of hydrogen-bond acceptors (Lipinski definition) is 2. The summed E-state index contributed by atoms with van der Waals surface area (Å²) in [5.41, 5.74) is 0.733. The zero-order chi connectivity index (χ0) is 14.3. The Kier molecular flexibility index (Phi) is 7.36. The Morgan fingerprint density at radius 1 is 1.37 bits per heavy atom. The van der Waals surface area contributed by atoms with Crippen molar-refractivity contribution in [2.24, 2.45) is 11.8 Å². The summed E-state index contributed by atoms with van der Waals surface area (Å²) in [4.78, 5) is 0. The van der Waals surface area contributed by atoms with E-state index in [2.05, 4.69) is 19.2 Å². The van der Waals surface area contributed by atoms with E-state index in [1.807, 2.05) is 0 Å². The maximum atomic E-state index is 13.8. The molecule has 0 bridgehead atoms. The summed E-state index contributed by atoms with van der Waals surface area (Å²) in [6.07, 6.45) is 0.723. The van der Waals surface area contributed by atoms with Crippen molar-refractivity contribution in [2.75, 3.05) is 26.8 Å². The van der Waals surface area contributed by atoms with E-state index in [4.69, 9.17) is 16.3 Å². The van der Waals surface area contributed by atoms with Gasteiger partial charge in [0.05, 0.1) is 6.61 Å². The fourth-order valence-corrected chi connectivity index (χ4v) is 2.13. The summed E-state index contributed by atoms with van der Waals surface area (Å²) in [6, 6.07) is 4.91. The minimum atomic E-state index is -0.213. The van der Waals surface area contributed by atoms with Crippen LogP contribution in [0.3, 0.4) is 0 Å². The number of rotatable bonds is 8. The van der Waals surface area contributed by atoms with E-state index in [9.17, 15) is 4.39 Å². The monoisotopic (exact) mass is 287 g/mol. The van der Waals surface area contributed by atoms with Crippen LogP contribution in [0.15, 0.2) is 18.2 Å². The summed E-state index contributed by atoms with van der Waals surface area (Å²) in [6.45, 7) is 6.71. The first-order valence-electron chi connectivity index (χ1n) is 6.68. The minimum absolute atomic E-state index is 0.213. The summed E-state index contributed by atoms with van der Waals surface area (Å²) < 4.78 is 18.8. The maximum Gasteiger partial charge on any atom is 0.127 e. The highest BCUT2D eigenvalue weighted by molar-refractivity contribution is 6.30. The third-order valence-electron chi connectivity index (χ3n) is 3.33. The largest absolute Gasteiger partial charge is 0.383 e. The second-order valence-corrected chi connectivity index (χ2v) is 5.58. The Balaban J connectivity index is 2.57. The minimum Gasteiger partial charge on any atom is -0.383 e. The van der Waals surface area contributed by atoms with Crippen molar-refractivity contribution in [1.29, 1.82) is 0 Å². The summed E-state index contributed by atoms with van der Waals surface area (Å²) >= 11 is 5.77. The second-order valence-electron chi connectivity index (χ2n) is 5.14. The molecule has 108 valence electrons. The molecule has 1 aromatic carbocycles. The van der Waals surface area contributed by atoms with Crippen molar-refractivity contribution in [1.82, 2.24) is 5.32 Å². The highest BCUT2D eigenvalue weighted by atomic mass is 35.5. The van der Waals surface area contributed by atoms with Crippen LogP contribution in [0.2, 0.25) is 5.02 Å². The summed E-state index contributed by atoms with van der Waals surface area (Å²) in [7, 11) is 1.69. The van der Waals surface area contributed by atoms with Crippen LogP contribution in [0.1, 0.15) is 19.4 Å². The molecule has 1 atom stereocenters. The Hall–Kier alpha value is -0.640. The summed E-state index contributed by atoms with van der Waals surface area (Å²) in [5, 5.41) is 3.79. The molecular weight excluding hydrogens is 265 g/mol. The van der Waals surface area contributed by atoms with Crippen molar-refractivity contribution < 1.29 is 9.13 Å². The van der Waals surface area contributed by atoms with Gasteiger partial charge in [-0.05, 0) is 42.5 Å². The van der Waals surface area contributed by atoms with Crippen LogP contribution >= 0.6 is 11.6 Å². The molecule has 0 aliphatic rings. The molecular formula is C15H23ClFNO. The van der Waals surface area contributed by atoms with Crippen LogP contribution in [-0.2, 0) is 11.2 Å². The molecule has 1 aromatic rings. The van der Waals surface area contributed by atoms with Gasteiger partial charge in [-0.1, -0.05) is 31.5 Å². The molecule has 0 fully saturated rings. The van der Waals surface area contributed by atoms with Gasteiger partial charge in [-0.2, -0.15) is 0 Å². The smallest absolute Gasteiger partial charge is 0.127 e. The van der Waals surface area contributed by atoms with Crippen LogP contribution in [0.25, 0.3) is 0 Å². The molecule has 0 saturated heterocycles. The quantitative estimate of drug-likeness (QED) is 0.739. The second kappa shape index (κ2) is 8.51. The first-order valence-corrected chi connectivity index (χ1v) is 7.06. The van der Waals surface area contributed by atoms with E-state index in [-0.39, 0.29) is 5.82 Å². The van der Waals surface area contributed by atoms with E-state index in [1.165, 1.54) is 6.07 Å². The van der Waals surface area contributed by atoms with Gasteiger partial charge in [0, 0.05) is 18.7 Å². The first-order chi connectivity index (χ1) is 9.04. The molecule has 0 aliphatic heterocycles. The van der Waals surface area contributed by atoms with E-state index >= 15 is 0 Å². The SMILES string of the molecule is COCCNCC(Cc1ccc(Cl)cc1F)C(C)C. The Labute approximate surface area is 120 Å². The molecule has 0 heterocycles. The van der Waals surface area contributed by atoms with Gasteiger partial charge < -0.3 is 10.1 Å². The van der Waals surface area contributed by atoms with Gasteiger partial charge in [-0.15, -0.1) is 0 Å². The van der Waals surface area contributed by atoms with Crippen LogP contribution in [-0.4, -0.2) is 26.8 Å². The fraction of sp³-hybridized carbons (Fsp3) is 0.600. The van der Waals surface area contributed by atoms with E-state index < -0.39 is 0 Å². The molecule has 0 aromatic heterocycles. The topological polar surface area (TPSA) is 21.3 Å². The average Bonchev–Trinajstić information content (AvgIpc) is 2.35. The standard InChI is InChI=1S/C15H23ClFNO/c1-11(2)13(10-18-6-7-19-3)8-12-4-5-14(16)9-15(12)17/h4-5,9,11,13,18H,6-8,10H2,1-3H3. The van der Waals surface area contributed by atoms with Gasteiger partial charge in [0.2, 0.25) is 0 Å². The predicted molar refractivity (Wildman–Crippen MR) is 78.2 cm³/mol. The molecule has 0 spiro atoms. The van der Waals surface area contributed by atoms with Crippen LogP contribution in [0.5, 0.6) is 0 Å². The van der Waals surface area contributed by atoms with E-state index in [0.717, 1.165) is 25.1 Å². The zero-order valence-electron chi connectivity index (χ0n) is 11.9. The van der Waals surface area contributed by atoms with Gasteiger partial charge >= 0.3 is 0 Å². The number of halogens is 2. The van der Waals surface area contributed by atoms with Crippen molar-refractivity contribution in [2.45, 2.75) is 20.3 Å². The highest BCUT2D eigenvalue weighted by Gasteiger charge is 2.16. The van der Waals surface area contributed by atoms with E-state index in [0.29, 0.717) is 23.5 Å². The average molecular weight is 288 g/mol. The molecule has 2 nitrogen and oxygen atoms in total. The third kappa shape index (κ3) is 5.89. The number of ether oxygens (including phenoxy) is 1. The lowest BCUT2D eigenvalue weighted by atomic mass is 9.89. The Morgan fingerprint density at radius 2 is 2.11 bits per heavy atom. The molecule has 19 heavy (non-hydrogen) atoms. The molecule has 0 saturated carbocycles. The molecule has 0 amide bonds. The van der Waals surface area contributed by atoms with E-state index in [1.54, 1.807) is 19.2 Å². The van der Waals surface area contributed by atoms with Gasteiger partial charge in [0.1, 0.15) is 5.82 Å². The van der Waals surface area contributed by atoms with Crippen molar-refractivity contribution in [3.05, 3.63) is 34.6 Å². The fourth-order valence-electron chi connectivity index (χ4n) is 1.97. The first kappa shape index (κ1) is 16.4. The molecule has 0 aliphatic carbocycles. The number of benzene rings is 1. The Bertz CT molecular complexity index is 384. The number of hydrogen-bond donors (Lipinski definition) is 1. The van der Waals surface area contributed by atoms with Gasteiger partial charge in [0.15, 0.2) is 0 Å². The van der Waals surface area contributed by atoms with Crippen molar-refractivity contribution in [3.8, 4) is 0 Å². The lowest BCUT2D eigenvalue weighted by molar-refractivity contribution is 0.196. The van der Waals surface area contributed by atoms with Gasteiger partial charge in [-0.3, -0.25) is 0 Å². The molecule has 4 heteroatoms. The maximum absolute atomic E-state index is 13.8. The predicted octanol–water partition coefficient (Wildman–Crippen LogP) is 3.53. The van der Waals surface area contributed by atoms with Crippen LogP contribution in [0, 0.1) is 17.7 Å².